The summed E-state index contributed by atoms with van der Waals surface area (Å²) in [6.07, 6.45) is 5.24. The highest BCUT2D eigenvalue weighted by molar-refractivity contribution is 5.32. The molecule has 3 nitrogen and oxygen atoms in total. The lowest BCUT2D eigenvalue weighted by atomic mass is 9.95. The van der Waals surface area contributed by atoms with Gasteiger partial charge in [0.2, 0.25) is 0 Å². The lowest BCUT2D eigenvalue weighted by Gasteiger charge is -2.29. The Hall–Kier alpha value is -0.800. The number of aliphatic hydroxyl groups is 1. The maximum Gasteiger partial charge on any atom is 0.0807 e. The minimum atomic E-state index is -0.247. The topological polar surface area (TPSA) is 34.4 Å². The first-order valence-electron chi connectivity index (χ1n) is 6.74. The molecule has 1 aliphatic heterocycles. The molecule has 0 amide bonds. The van der Waals surface area contributed by atoms with E-state index in [1.165, 1.54) is 23.4 Å². The number of nitrogens with zero attached hydrogens (tertiary/aromatic N) is 1. The van der Waals surface area contributed by atoms with Crippen LogP contribution in [0.5, 0.6) is 0 Å². The fourth-order valence-electron chi connectivity index (χ4n) is 3.34. The van der Waals surface area contributed by atoms with E-state index >= 15 is 0 Å². The summed E-state index contributed by atoms with van der Waals surface area (Å²) in [5.41, 5.74) is 3.81. The molecule has 0 saturated carbocycles. The summed E-state index contributed by atoms with van der Waals surface area (Å²) in [5.74, 6) is 0. The Bertz CT molecular complexity index is 405. The molecule has 1 aromatic rings. The molecule has 2 aliphatic rings. The monoisotopic (exact) mass is 235 g/mol. The van der Waals surface area contributed by atoms with Crippen molar-refractivity contribution in [3.63, 3.8) is 0 Å². The minimum Gasteiger partial charge on any atom is -0.388 e. The zero-order valence-corrected chi connectivity index (χ0v) is 10.5. The van der Waals surface area contributed by atoms with Gasteiger partial charge in [0.25, 0.3) is 0 Å². The smallest absolute Gasteiger partial charge is 0.0807 e. The lowest BCUT2D eigenvalue weighted by molar-refractivity contribution is 0.0570. The molecule has 0 bridgehead atoms. The maximum absolute atomic E-state index is 10.1. The van der Waals surface area contributed by atoms with Gasteiger partial charge in [-0.15, -0.1) is 0 Å². The van der Waals surface area contributed by atoms with Gasteiger partial charge < -0.3 is 14.4 Å². The van der Waals surface area contributed by atoms with E-state index in [9.17, 15) is 5.11 Å². The first-order valence-corrected chi connectivity index (χ1v) is 6.74. The molecule has 2 atom stereocenters. The molecule has 17 heavy (non-hydrogen) atoms. The molecule has 94 valence electrons. The van der Waals surface area contributed by atoms with E-state index in [0.29, 0.717) is 6.04 Å². The molecule has 2 heterocycles. The van der Waals surface area contributed by atoms with Crippen LogP contribution in [0.4, 0.5) is 0 Å². The molecular formula is C14H21NO2. The Labute approximate surface area is 102 Å². The van der Waals surface area contributed by atoms with Crippen LogP contribution in [0.2, 0.25) is 0 Å². The summed E-state index contributed by atoms with van der Waals surface area (Å²) in [6, 6.07) is 2.66. The van der Waals surface area contributed by atoms with Gasteiger partial charge >= 0.3 is 0 Å². The van der Waals surface area contributed by atoms with Crippen molar-refractivity contribution in [2.24, 2.45) is 0 Å². The van der Waals surface area contributed by atoms with Crippen LogP contribution in [0.15, 0.2) is 6.07 Å². The molecule has 0 aromatic carbocycles. The quantitative estimate of drug-likeness (QED) is 0.811. The van der Waals surface area contributed by atoms with E-state index in [0.717, 1.165) is 38.9 Å². The van der Waals surface area contributed by atoms with E-state index in [4.69, 9.17) is 4.74 Å². The van der Waals surface area contributed by atoms with Gasteiger partial charge in [0.1, 0.15) is 0 Å². The van der Waals surface area contributed by atoms with Crippen LogP contribution in [-0.4, -0.2) is 22.9 Å². The van der Waals surface area contributed by atoms with Crippen molar-refractivity contribution in [3.8, 4) is 0 Å². The van der Waals surface area contributed by atoms with Crippen LogP contribution >= 0.6 is 0 Å². The molecule has 1 fully saturated rings. The summed E-state index contributed by atoms with van der Waals surface area (Å²) in [6.45, 7) is 3.89. The van der Waals surface area contributed by atoms with Crippen LogP contribution in [0.25, 0.3) is 0 Å². The summed E-state index contributed by atoms with van der Waals surface area (Å²) in [7, 11) is 0. The minimum absolute atomic E-state index is 0.247. The number of rotatable bonds is 1. The number of hydrogen-bond donors (Lipinski definition) is 1. The Morgan fingerprint density at radius 3 is 3.00 bits per heavy atom. The lowest BCUT2D eigenvalue weighted by Crippen LogP contribution is -2.24. The van der Waals surface area contributed by atoms with Crippen LogP contribution in [-0.2, 0) is 11.2 Å². The zero-order chi connectivity index (χ0) is 11.8. The highest BCUT2D eigenvalue weighted by Gasteiger charge is 2.27. The molecule has 0 radical (unpaired) electrons. The summed E-state index contributed by atoms with van der Waals surface area (Å²) >= 11 is 0. The first-order chi connectivity index (χ1) is 8.27. The van der Waals surface area contributed by atoms with Gasteiger partial charge in [-0.2, -0.15) is 0 Å². The SMILES string of the molecule is Cc1cc2c(n1C1CCCOC1)CCCC2O. The number of ether oxygens (including phenoxy) is 1. The fourth-order valence-corrected chi connectivity index (χ4v) is 3.34. The molecule has 3 heteroatoms. The van der Waals surface area contributed by atoms with E-state index < -0.39 is 0 Å². The molecule has 1 aromatic heterocycles. The van der Waals surface area contributed by atoms with Crippen molar-refractivity contribution < 1.29 is 9.84 Å². The second-order valence-corrected chi connectivity index (χ2v) is 5.34. The van der Waals surface area contributed by atoms with Crippen molar-refractivity contribution in [1.29, 1.82) is 0 Å². The second-order valence-electron chi connectivity index (χ2n) is 5.34. The van der Waals surface area contributed by atoms with Gasteiger partial charge in [0.05, 0.1) is 18.8 Å². The normalized spacial score (nSPS) is 29.1. The van der Waals surface area contributed by atoms with E-state index in [2.05, 4.69) is 17.6 Å². The van der Waals surface area contributed by atoms with Crippen molar-refractivity contribution in [2.45, 2.75) is 51.2 Å². The van der Waals surface area contributed by atoms with Crippen LogP contribution < -0.4 is 0 Å². The standard InChI is InChI=1S/C14H21NO2/c1-10-8-12-13(5-2-6-14(12)16)15(10)11-4-3-7-17-9-11/h8,11,14,16H,2-7,9H2,1H3. The highest BCUT2D eigenvalue weighted by Crippen LogP contribution is 2.35. The van der Waals surface area contributed by atoms with E-state index in [1.807, 2.05) is 0 Å². The molecule has 2 unspecified atom stereocenters. The predicted molar refractivity (Wildman–Crippen MR) is 66.2 cm³/mol. The average Bonchev–Trinajstić information content (AvgIpc) is 2.68. The molecule has 0 spiro atoms. The zero-order valence-electron chi connectivity index (χ0n) is 10.5. The number of hydrogen-bond acceptors (Lipinski definition) is 2. The number of fused-ring (bicyclic) bond motifs is 1. The third kappa shape index (κ3) is 1.91. The Kier molecular flexibility index (Phi) is 2.97. The highest BCUT2D eigenvalue weighted by atomic mass is 16.5. The Balaban J connectivity index is 1.98. The molecule has 1 saturated heterocycles. The second kappa shape index (κ2) is 4.46. The van der Waals surface area contributed by atoms with Crippen LogP contribution in [0, 0.1) is 6.92 Å². The maximum atomic E-state index is 10.1. The van der Waals surface area contributed by atoms with E-state index in [1.54, 1.807) is 0 Å². The predicted octanol–water partition coefficient (Wildman–Crippen LogP) is 2.52. The largest absolute Gasteiger partial charge is 0.388 e. The van der Waals surface area contributed by atoms with Crippen molar-refractivity contribution in [2.75, 3.05) is 13.2 Å². The fraction of sp³-hybridized carbons (Fsp3) is 0.714. The van der Waals surface area contributed by atoms with Gasteiger partial charge in [-0.1, -0.05) is 0 Å². The summed E-state index contributed by atoms with van der Waals surface area (Å²) in [4.78, 5) is 0. The summed E-state index contributed by atoms with van der Waals surface area (Å²) < 4.78 is 8.02. The first kappa shape index (κ1) is 11.3. The Morgan fingerprint density at radius 1 is 1.35 bits per heavy atom. The summed E-state index contributed by atoms with van der Waals surface area (Å²) in [5, 5.41) is 10.1. The number of aryl methyl sites for hydroxylation is 1. The molecular weight excluding hydrogens is 214 g/mol. The van der Waals surface area contributed by atoms with Crippen molar-refractivity contribution in [3.05, 3.63) is 23.0 Å². The van der Waals surface area contributed by atoms with E-state index in [-0.39, 0.29) is 6.10 Å². The van der Waals surface area contributed by atoms with Crippen LogP contribution in [0.3, 0.4) is 0 Å². The van der Waals surface area contributed by atoms with Crippen molar-refractivity contribution >= 4 is 0 Å². The third-order valence-electron chi connectivity index (χ3n) is 4.12. The van der Waals surface area contributed by atoms with Gasteiger partial charge in [-0.25, -0.2) is 0 Å². The van der Waals surface area contributed by atoms with Crippen molar-refractivity contribution in [1.82, 2.24) is 4.57 Å². The van der Waals surface area contributed by atoms with Gasteiger partial charge in [0.15, 0.2) is 0 Å². The molecule has 1 N–H and O–H groups in total. The van der Waals surface area contributed by atoms with Gasteiger partial charge in [0, 0.05) is 23.6 Å². The Morgan fingerprint density at radius 2 is 2.24 bits per heavy atom. The number of aliphatic hydroxyl groups excluding tert-OH is 1. The molecule has 1 aliphatic carbocycles. The number of aromatic nitrogens is 1. The van der Waals surface area contributed by atoms with Gasteiger partial charge in [-0.05, 0) is 45.1 Å². The molecule has 3 rings (SSSR count). The van der Waals surface area contributed by atoms with Gasteiger partial charge in [-0.3, -0.25) is 0 Å². The third-order valence-corrected chi connectivity index (χ3v) is 4.12. The van der Waals surface area contributed by atoms with Crippen LogP contribution in [0.1, 0.15) is 54.8 Å². The average molecular weight is 235 g/mol.